The zero-order valence-electron chi connectivity index (χ0n) is 16.6. The fourth-order valence-electron chi connectivity index (χ4n) is 4.22. The van der Waals surface area contributed by atoms with Crippen LogP contribution in [0.5, 0.6) is 0 Å². The average molecular weight is 423 g/mol. The Morgan fingerprint density at radius 3 is 2.59 bits per heavy atom. The van der Waals surface area contributed by atoms with E-state index in [-0.39, 0.29) is 5.54 Å². The summed E-state index contributed by atoms with van der Waals surface area (Å²) in [6, 6.07) is 16.9. The number of fused-ring (bicyclic) bond motifs is 1. The van der Waals surface area contributed by atoms with Crippen molar-refractivity contribution in [1.82, 2.24) is 0 Å². The Labute approximate surface area is 171 Å². The highest BCUT2D eigenvalue weighted by atomic mass is 79.9. The molecule has 0 radical (unpaired) electrons. The quantitative estimate of drug-likeness (QED) is 0.390. The topological polar surface area (TPSA) is 27.0 Å². The van der Waals surface area contributed by atoms with E-state index in [0.29, 0.717) is 11.5 Å². The number of benzene rings is 2. The van der Waals surface area contributed by atoms with Crippen LogP contribution in [0.15, 0.2) is 46.9 Å². The highest BCUT2D eigenvalue weighted by Gasteiger charge is 2.35. The SMILES string of the molecule is CCCN1c2ccc(/C=C(\C#N)c3ccc(Br)cc3)cc2C(C)CC1(C)C. The van der Waals surface area contributed by atoms with Gasteiger partial charge in [-0.15, -0.1) is 0 Å². The normalized spacial score (nSPS) is 18.7. The zero-order valence-corrected chi connectivity index (χ0v) is 18.2. The van der Waals surface area contributed by atoms with E-state index in [9.17, 15) is 5.26 Å². The van der Waals surface area contributed by atoms with Crippen LogP contribution in [0.4, 0.5) is 5.69 Å². The van der Waals surface area contributed by atoms with E-state index in [4.69, 9.17) is 0 Å². The van der Waals surface area contributed by atoms with Crippen molar-refractivity contribution in [1.29, 1.82) is 5.26 Å². The molecule has 1 unspecified atom stereocenters. The third-order valence-electron chi connectivity index (χ3n) is 5.44. The molecule has 3 heteroatoms. The molecule has 27 heavy (non-hydrogen) atoms. The lowest BCUT2D eigenvalue weighted by atomic mass is 9.79. The molecular weight excluding hydrogens is 396 g/mol. The number of nitriles is 1. The first-order chi connectivity index (χ1) is 12.9. The average Bonchev–Trinajstić information content (AvgIpc) is 2.64. The van der Waals surface area contributed by atoms with Crippen molar-refractivity contribution in [3.05, 3.63) is 63.6 Å². The van der Waals surface area contributed by atoms with Gasteiger partial charge in [0.25, 0.3) is 0 Å². The molecule has 0 bridgehead atoms. The molecule has 2 nitrogen and oxygen atoms in total. The summed E-state index contributed by atoms with van der Waals surface area (Å²) < 4.78 is 1.02. The largest absolute Gasteiger partial charge is 0.366 e. The Bertz CT molecular complexity index is 888. The smallest absolute Gasteiger partial charge is 0.0998 e. The lowest BCUT2D eigenvalue weighted by Crippen LogP contribution is -2.48. The van der Waals surface area contributed by atoms with Crippen LogP contribution in [-0.2, 0) is 0 Å². The van der Waals surface area contributed by atoms with Gasteiger partial charge in [0.05, 0.1) is 11.6 Å². The predicted octanol–water partition coefficient (Wildman–Crippen LogP) is 7.02. The molecule has 140 valence electrons. The minimum atomic E-state index is 0.176. The Morgan fingerprint density at radius 1 is 1.26 bits per heavy atom. The fourth-order valence-corrected chi connectivity index (χ4v) is 4.49. The highest BCUT2D eigenvalue weighted by molar-refractivity contribution is 9.10. The van der Waals surface area contributed by atoms with Crippen molar-refractivity contribution < 1.29 is 0 Å². The molecule has 0 spiro atoms. The van der Waals surface area contributed by atoms with E-state index in [0.717, 1.165) is 35.0 Å². The second-order valence-corrected chi connectivity index (χ2v) is 8.98. The van der Waals surface area contributed by atoms with Crippen LogP contribution in [0.2, 0.25) is 0 Å². The van der Waals surface area contributed by atoms with Crippen molar-refractivity contribution in [3.63, 3.8) is 0 Å². The molecule has 1 aliphatic heterocycles. The summed E-state index contributed by atoms with van der Waals surface area (Å²) >= 11 is 3.45. The van der Waals surface area contributed by atoms with Crippen molar-refractivity contribution in [2.75, 3.05) is 11.4 Å². The van der Waals surface area contributed by atoms with Crippen molar-refractivity contribution in [2.45, 2.75) is 52.0 Å². The molecule has 0 saturated heterocycles. The zero-order chi connectivity index (χ0) is 19.6. The summed E-state index contributed by atoms with van der Waals surface area (Å²) in [7, 11) is 0. The minimum Gasteiger partial charge on any atom is -0.366 e. The third-order valence-corrected chi connectivity index (χ3v) is 5.97. The summed E-state index contributed by atoms with van der Waals surface area (Å²) in [6.07, 6.45) is 4.28. The van der Waals surface area contributed by atoms with Gasteiger partial charge in [0.15, 0.2) is 0 Å². The van der Waals surface area contributed by atoms with E-state index < -0.39 is 0 Å². The predicted molar refractivity (Wildman–Crippen MR) is 119 cm³/mol. The van der Waals surface area contributed by atoms with Gasteiger partial charge in [0, 0.05) is 22.2 Å². The van der Waals surface area contributed by atoms with Crippen LogP contribution in [0, 0.1) is 11.3 Å². The van der Waals surface area contributed by atoms with E-state index in [1.807, 2.05) is 30.3 Å². The first-order valence-electron chi connectivity index (χ1n) is 9.65. The van der Waals surface area contributed by atoms with Gasteiger partial charge in [-0.05, 0) is 79.6 Å². The summed E-state index contributed by atoms with van der Waals surface area (Å²) in [5, 5.41) is 9.64. The molecule has 0 aliphatic carbocycles. The van der Waals surface area contributed by atoms with Gasteiger partial charge < -0.3 is 4.90 Å². The van der Waals surface area contributed by atoms with Gasteiger partial charge in [0.1, 0.15) is 0 Å². The van der Waals surface area contributed by atoms with E-state index in [1.54, 1.807) is 0 Å². The highest BCUT2D eigenvalue weighted by Crippen LogP contribution is 2.43. The number of nitrogens with zero attached hydrogens (tertiary/aromatic N) is 2. The van der Waals surface area contributed by atoms with Gasteiger partial charge in [-0.2, -0.15) is 5.26 Å². The van der Waals surface area contributed by atoms with Gasteiger partial charge in [-0.3, -0.25) is 0 Å². The number of halogens is 1. The second-order valence-electron chi connectivity index (χ2n) is 8.06. The first-order valence-corrected chi connectivity index (χ1v) is 10.4. The van der Waals surface area contributed by atoms with Crippen molar-refractivity contribution in [3.8, 4) is 6.07 Å². The van der Waals surface area contributed by atoms with E-state index >= 15 is 0 Å². The molecular formula is C24H27BrN2. The van der Waals surface area contributed by atoms with Gasteiger partial charge in [-0.1, -0.05) is 48.0 Å². The fraction of sp³-hybridized carbons (Fsp3) is 0.375. The summed E-state index contributed by atoms with van der Waals surface area (Å²) in [5.41, 5.74) is 5.65. The minimum absolute atomic E-state index is 0.176. The monoisotopic (exact) mass is 422 g/mol. The summed E-state index contributed by atoms with van der Waals surface area (Å²) in [4.78, 5) is 2.55. The maximum absolute atomic E-state index is 9.64. The second kappa shape index (κ2) is 7.90. The molecule has 0 saturated carbocycles. The van der Waals surface area contributed by atoms with Crippen LogP contribution < -0.4 is 4.90 Å². The maximum atomic E-state index is 9.64. The number of anilines is 1. The molecule has 0 N–H and O–H groups in total. The lowest BCUT2D eigenvalue weighted by molar-refractivity contribution is 0.376. The maximum Gasteiger partial charge on any atom is 0.0998 e. The van der Waals surface area contributed by atoms with Crippen LogP contribution in [-0.4, -0.2) is 12.1 Å². The Hall–Kier alpha value is -2.05. The molecule has 0 amide bonds. The van der Waals surface area contributed by atoms with Gasteiger partial charge in [0.2, 0.25) is 0 Å². The van der Waals surface area contributed by atoms with Crippen LogP contribution in [0.1, 0.15) is 63.1 Å². The van der Waals surface area contributed by atoms with E-state index in [2.05, 4.69) is 72.8 Å². The molecule has 2 aromatic rings. The molecule has 2 aromatic carbocycles. The standard InChI is InChI=1S/C24H27BrN2/c1-5-12-27-23-11-6-18(14-22(23)17(2)15-24(27,3)4)13-20(16-26)19-7-9-21(25)10-8-19/h6-11,13-14,17H,5,12,15H2,1-4H3/b20-13+. The molecule has 3 rings (SSSR count). The summed E-state index contributed by atoms with van der Waals surface area (Å²) in [5.74, 6) is 0.509. The molecule has 0 fully saturated rings. The van der Waals surface area contributed by atoms with Crippen molar-refractivity contribution in [2.24, 2.45) is 0 Å². The molecule has 0 aromatic heterocycles. The van der Waals surface area contributed by atoms with Crippen LogP contribution in [0.3, 0.4) is 0 Å². The third kappa shape index (κ3) is 4.12. The summed E-state index contributed by atoms with van der Waals surface area (Å²) in [6.45, 7) is 10.3. The molecule has 1 heterocycles. The first kappa shape index (κ1) is 19.7. The molecule has 1 atom stereocenters. The van der Waals surface area contributed by atoms with Crippen LogP contribution >= 0.6 is 15.9 Å². The van der Waals surface area contributed by atoms with Crippen LogP contribution in [0.25, 0.3) is 11.6 Å². The Balaban J connectivity index is 2.01. The van der Waals surface area contributed by atoms with Gasteiger partial charge >= 0.3 is 0 Å². The Kier molecular flexibility index (Phi) is 5.77. The molecule has 1 aliphatic rings. The van der Waals surface area contributed by atoms with E-state index in [1.165, 1.54) is 11.3 Å². The van der Waals surface area contributed by atoms with Gasteiger partial charge in [-0.25, -0.2) is 0 Å². The lowest BCUT2D eigenvalue weighted by Gasteiger charge is -2.47. The number of hydrogen-bond donors (Lipinski definition) is 0. The van der Waals surface area contributed by atoms with Crippen molar-refractivity contribution >= 4 is 33.3 Å². The number of rotatable bonds is 4. The Morgan fingerprint density at radius 2 is 1.96 bits per heavy atom. The number of hydrogen-bond acceptors (Lipinski definition) is 2. The number of allylic oxidation sites excluding steroid dienone is 1.